The molecular formula is C34H38N6O7. The Morgan fingerprint density at radius 1 is 1.00 bits per heavy atom. The summed E-state index contributed by atoms with van der Waals surface area (Å²) < 4.78 is 23.7. The number of rotatable bonds is 6. The summed E-state index contributed by atoms with van der Waals surface area (Å²) in [4.78, 5) is 50.5. The number of anilines is 3. The lowest BCUT2D eigenvalue weighted by Gasteiger charge is -2.24. The zero-order chi connectivity index (χ0) is 33.9. The van der Waals surface area contributed by atoms with Gasteiger partial charge < -0.3 is 24.3 Å². The molecule has 0 saturated heterocycles. The lowest BCUT2D eigenvalue weighted by Crippen LogP contribution is -2.41. The molecule has 2 atom stereocenters. The Labute approximate surface area is 272 Å². The molecule has 246 valence electrons. The molecule has 0 bridgehead atoms. The average molecular weight is 643 g/mol. The fourth-order valence-electron chi connectivity index (χ4n) is 5.98. The van der Waals surface area contributed by atoms with E-state index in [1.165, 1.54) is 11.0 Å². The van der Waals surface area contributed by atoms with Gasteiger partial charge in [-0.15, -0.1) is 5.10 Å². The van der Waals surface area contributed by atoms with E-state index >= 15 is 0 Å². The van der Waals surface area contributed by atoms with Gasteiger partial charge in [0, 0.05) is 11.3 Å². The minimum Gasteiger partial charge on any atom is -0.497 e. The van der Waals surface area contributed by atoms with Crippen molar-refractivity contribution in [3.63, 3.8) is 0 Å². The largest absolute Gasteiger partial charge is 0.497 e. The van der Waals surface area contributed by atoms with Crippen molar-refractivity contribution in [3.05, 3.63) is 60.0 Å². The number of nitrogens with one attached hydrogen (secondary N) is 1. The summed E-state index contributed by atoms with van der Waals surface area (Å²) in [6.07, 6.45) is 1.97. The molecular weight excluding hydrogens is 604 g/mol. The number of benzene rings is 2. The second-order valence-corrected chi connectivity index (χ2v) is 13.5. The molecule has 6 rings (SSSR count). The van der Waals surface area contributed by atoms with Gasteiger partial charge in [0.05, 0.1) is 36.5 Å². The summed E-state index contributed by atoms with van der Waals surface area (Å²) in [5.41, 5.74) is -0.177. The van der Waals surface area contributed by atoms with E-state index in [9.17, 15) is 14.4 Å². The van der Waals surface area contributed by atoms with E-state index in [1.807, 2.05) is 25.1 Å². The number of fused-ring (bicyclic) bond motifs is 3. The minimum atomic E-state index is -1.01. The van der Waals surface area contributed by atoms with Gasteiger partial charge in [-0.2, -0.15) is 4.68 Å². The normalized spacial score (nSPS) is 18.7. The van der Waals surface area contributed by atoms with E-state index in [-0.39, 0.29) is 11.8 Å². The Kier molecular flexibility index (Phi) is 7.60. The third-order valence-electron chi connectivity index (χ3n) is 7.94. The van der Waals surface area contributed by atoms with Gasteiger partial charge in [0.2, 0.25) is 5.91 Å². The lowest BCUT2D eigenvalue weighted by molar-refractivity contribution is -0.120. The van der Waals surface area contributed by atoms with Gasteiger partial charge in [0.1, 0.15) is 23.3 Å². The first-order chi connectivity index (χ1) is 22.2. The second kappa shape index (κ2) is 11.2. The number of aromatic nitrogens is 4. The van der Waals surface area contributed by atoms with Gasteiger partial charge in [0.15, 0.2) is 17.4 Å². The number of ether oxygens (including phenoxy) is 4. The van der Waals surface area contributed by atoms with Crippen LogP contribution in [0.3, 0.4) is 0 Å². The van der Waals surface area contributed by atoms with Crippen LogP contribution in [0.15, 0.2) is 48.9 Å². The summed E-state index contributed by atoms with van der Waals surface area (Å²) in [7, 11) is 1.55. The molecule has 1 N–H and O–H groups in total. The molecule has 2 aliphatic rings. The van der Waals surface area contributed by atoms with Crippen molar-refractivity contribution in [2.75, 3.05) is 23.9 Å². The van der Waals surface area contributed by atoms with Gasteiger partial charge in [-0.05, 0) is 96.3 Å². The number of hydrogen-bond acceptors (Lipinski definition) is 11. The maximum atomic E-state index is 14.2. The molecule has 1 fully saturated rings. The van der Waals surface area contributed by atoms with E-state index in [0.29, 0.717) is 58.3 Å². The Morgan fingerprint density at radius 2 is 1.72 bits per heavy atom. The molecule has 1 spiro atoms. The number of methoxy groups -OCH3 is 1. The topological polar surface area (TPSA) is 147 Å². The van der Waals surface area contributed by atoms with E-state index < -0.39 is 28.8 Å². The fraction of sp³-hybridized carbons (Fsp3) is 0.412. The highest BCUT2D eigenvalue weighted by molar-refractivity contribution is 6.23. The van der Waals surface area contributed by atoms with E-state index in [4.69, 9.17) is 18.9 Å². The molecule has 13 nitrogen and oxygen atoms in total. The third-order valence-corrected chi connectivity index (χ3v) is 7.94. The van der Waals surface area contributed by atoms with Gasteiger partial charge >= 0.3 is 12.2 Å². The molecule has 1 aliphatic heterocycles. The predicted octanol–water partition coefficient (Wildman–Crippen LogP) is 6.47. The molecule has 3 heterocycles. The van der Waals surface area contributed by atoms with Crippen LogP contribution >= 0.6 is 0 Å². The van der Waals surface area contributed by atoms with Crippen molar-refractivity contribution in [2.24, 2.45) is 0 Å². The van der Waals surface area contributed by atoms with Crippen LogP contribution in [0.5, 0.6) is 11.5 Å². The monoisotopic (exact) mass is 642 g/mol. The Bertz CT molecular complexity index is 1910. The summed E-state index contributed by atoms with van der Waals surface area (Å²) in [5, 5.41) is 8.38. The maximum absolute atomic E-state index is 14.2. The van der Waals surface area contributed by atoms with Crippen molar-refractivity contribution in [1.29, 1.82) is 0 Å². The first kappa shape index (κ1) is 31.8. The number of imide groups is 1. The number of hydrogen-bond donors (Lipinski definition) is 1. The molecule has 0 radical (unpaired) electrons. The minimum absolute atomic E-state index is 0.303. The highest BCUT2D eigenvalue weighted by atomic mass is 16.6. The molecule has 2 aromatic heterocycles. The Hall–Kier alpha value is -5.20. The lowest BCUT2D eigenvalue weighted by atomic mass is 9.91. The van der Waals surface area contributed by atoms with Crippen LogP contribution in [0.25, 0.3) is 10.9 Å². The molecule has 2 aromatic carbocycles. The van der Waals surface area contributed by atoms with Crippen molar-refractivity contribution >= 4 is 46.3 Å². The van der Waals surface area contributed by atoms with Gasteiger partial charge in [-0.1, -0.05) is 6.07 Å². The molecule has 47 heavy (non-hydrogen) atoms. The summed E-state index contributed by atoms with van der Waals surface area (Å²) in [6.45, 7) is 12.8. The SMILES string of the molecule is CCOc1cncnc1Nc1nn(C(=O)OC(C)(C)C)c2cc([C@@H]3C[C@@]34C(=O)N(C(=O)OC(C)(C)C)c3ccc(OC)cc34)ccc12. The quantitative estimate of drug-likeness (QED) is 0.247. The smallest absolute Gasteiger partial charge is 0.435 e. The molecule has 13 heteroatoms. The summed E-state index contributed by atoms with van der Waals surface area (Å²) in [6, 6.07) is 10.8. The molecule has 1 saturated carbocycles. The van der Waals surface area contributed by atoms with E-state index in [2.05, 4.69) is 20.4 Å². The van der Waals surface area contributed by atoms with Crippen LogP contribution in [0.1, 0.15) is 71.9 Å². The first-order valence-corrected chi connectivity index (χ1v) is 15.4. The first-order valence-electron chi connectivity index (χ1n) is 15.4. The van der Waals surface area contributed by atoms with Crippen molar-refractivity contribution in [2.45, 2.75) is 77.4 Å². The average Bonchev–Trinajstić information content (AvgIpc) is 3.58. The predicted molar refractivity (Wildman–Crippen MR) is 174 cm³/mol. The standard InChI is InChI=1S/C34H38N6O7/c1-9-45-26-17-35-18-36-28(26)37-27-21-12-10-19(14-25(21)40(38-27)31(43)47-33(5,6)7)23-16-34(23)22-15-20(44-8)11-13-24(22)39(29(34)41)30(42)46-32(2,3)4/h10-15,17-18,23H,9,16H2,1-8H3,(H,35,36,37,38)/t23-,34-/m0/s1. The van der Waals surface area contributed by atoms with Crippen LogP contribution < -0.4 is 19.7 Å². The van der Waals surface area contributed by atoms with Crippen molar-refractivity contribution in [3.8, 4) is 11.5 Å². The number of carbonyl (C=O) groups excluding carboxylic acids is 3. The van der Waals surface area contributed by atoms with Crippen LogP contribution in [-0.2, 0) is 19.7 Å². The Morgan fingerprint density at radius 3 is 2.40 bits per heavy atom. The highest BCUT2D eigenvalue weighted by Gasteiger charge is 2.68. The van der Waals surface area contributed by atoms with Gasteiger partial charge in [-0.3, -0.25) is 4.79 Å². The number of amides is 2. The second-order valence-electron chi connectivity index (χ2n) is 13.5. The van der Waals surface area contributed by atoms with Crippen LogP contribution in [0.2, 0.25) is 0 Å². The van der Waals surface area contributed by atoms with Crippen molar-refractivity contribution < 1.29 is 33.3 Å². The number of nitrogens with zero attached hydrogens (tertiary/aromatic N) is 5. The Balaban J connectivity index is 1.43. The molecule has 0 unspecified atom stereocenters. The van der Waals surface area contributed by atoms with Gasteiger partial charge in [-0.25, -0.2) is 24.5 Å². The van der Waals surface area contributed by atoms with Crippen LogP contribution in [-0.4, -0.2) is 62.8 Å². The van der Waals surface area contributed by atoms with Crippen LogP contribution in [0.4, 0.5) is 26.9 Å². The summed E-state index contributed by atoms with van der Waals surface area (Å²) >= 11 is 0. The highest BCUT2D eigenvalue weighted by Crippen LogP contribution is 2.67. The van der Waals surface area contributed by atoms with Crippen molar-refractivity contribution in [1.82, 2.24) is 19.7 Å². The maximum Gasteiger partial charge on any atom is 0.435 e. The zero-order valence-electron chi connectivity index (χ0n) is 27.7. The molecule has 1 aliphatic carbocycles. The zero-order valence-corrected chi connectivity index (χ0v) is 27.7. The third kappa shape index (κ3) is 5.70. The van der Waals surface area contributed by atoms with Crippen LogP contribution in [0, 0.1) is 0 Å². The number of carbonyl (C=O) groups is 3. The summed E-state index contributed by atoms with van der Waals surface area (Å²) in [5.74, 6) is 1.06. The van der Waals surface area contributed by atoms with E-state index in [1.54, 1.807) is 73.0 Å². The van der Waals surface area contributed by atoms with Gasteiger partial charge in [0.25, 0.3) is 0 Å². The fourth-order valence-corrected chi connectivity index (χ4v) is 5.98. The van der Waals surface area contributed by atoms with E-state index in [0.717, 1.165) is 10.5 Å². The molecule has 2 amide bonds. The molecule has 4 aromatic rings.